The van der Waals surface area contributed by atoms with E-state index in [0.717, 1.165) is 0 Å². The van der Waals surface area contributed by atoms with E-state index < -0.39 is 0 Å². The van der Waals surface area contributed by atoms with Crippen LogP contribution in [0.15, 0.2) is 42.6 Å². The standard InChI is InChI=1S/C21H21FN6O3/c1-28(20-13-6-5-7-14(22)18(13)26-27-20)17-8-9-23-21(25-17)24-12-10-15(29-2)19(31-4)16(11-12)30-3/h5-11H,1-4H3,(H,26,27)(H,23,24,25). The number of hydrogen-bond donors (Lipinski definition) is 2. The third-order valence-corrected chi connectivity index (χ3v) is 4.75. The van der Waals surface area contributed by atoms with E-state index in [-0.39, 0.29) is 5.82 Å². The Morgan fingerprint density at radius 3 is 2.45 bits per heavy atom. The van der Waals surface area contributed by atoms with Crippen molar-refractivity contribution < 1.29 is 18.6 Å². The lowest BCUT2D eigenvalue weighted by Gasteiger charge is -2.17. The summed E-state index contributed by atoms with van der Waals surface area (Å²) in [6, 6.07) is 10.1. The highest BCUT2D eigenvalue weighted by atomic mass is 19.1. The molecular weight excluding hydrogens is 403 g/mol. The fourth-order valence-electron chi connectivity index (χ4n) is 3.24. The maximum absolute atomic E-state index is 14.0. The third-order valence-electron chi connectivity index (χ3n) is 4.75. The van der Waals surface area contributed by atoms with Gasteiger partial charge in [-0.05, 0) is 18.2 Å². The number of aromatic amines is 1. The number of nitrogens with zero attached hydrogens (tertiary/aromatic N) is 4. The number of fused-ring (bicyclic) bond motifs is 1. The summed E-state index contributed by atoms with van der Waals surface area (Å²) in [6.07, 6.45) is 1.62. The normalized spacial score (nSPS) is 10.7. The topological polar surface area (TPSA) is 97.4 Å². The second kappa shape index (κ2) is 8.34. The zero-order valence-electron chi connectivity index (χ0n) is 17.4. The van der Waals surface area contributed by atoms with Crippen molar-refractivity contribution >= 4 is 34.2 Å². The van der Waals surface area contributed by atoms with Crippen molar-refractivity contribution in [2.75, 3.05) is 38.6 Å². The maximum Gasteiger partial charge on any atom is 0.229 e. The van der Waals surface area contributed by atoms with Gasteiger partial charge < -0.3 is 24.4 Å². The first kappa shape index (κ1) is 20.2. The smallest absolute Gasteiger partial charge is 0.229 e. The number of H-pyrrole nitrogens is 1. The van der Waals surface area contributed by atoms with E-state index >= 15 is 0 Å². The fourth-order valence-corrected chi connectivity index (χ4v) is 3.24. The van der Waals surface area contributed by atoms with Gasteiger partial charge in [-0.25, -0.2) is 9.37 Å². The van der Waals surface area contributed by atoms with Gasteiger partial charge >= 0.3 is 0 Å². The van der Waals surface area contributed by atoms with Crippen LogP contribution in [0.25, 0.3) is 10.9 Å². The molecule has 0 fully saturated rings. The highest BCUT2D eigenvalue weighted by molar-refractivity contribution is 5.92. The maximum atomic E-state index is 14.0. The van der Waals surface area contributed by atoms with Gasteiger partial charge in [-0.1, -0.05) is 6.07 Å². The van der Waals surface area contributed by atoms with Crippen LogP contribution in [0.5, 0.6) is 17.2 Å². The summed E-state index contributed by atoms with van der Waals surface area (Å²) >= 11 is 0. The van der Waals surface area contributed by atoms with Gasteiger partial charge in [-0.2, -0.15) is 10.1 Å². The zero-order chi connectivity index (χ0) is 22.0. The van der Waals surface area contributed by atoms with Crippen LogP contribution in [-0.4, -0.2) is 48.5 Å². The molecule has 0 radical (unpaired) electrons. The SMILES string of the molecule is COc1cc(Nc2nccc(N(C)c3n[nH]c4c(F)cccc34)n2)cc(OC)c1OC. The van der Waals surface area contributed by atoms with Gasteiger partial charge in [0, 0.05) is 36.5 Å². The summed E-state index contributed by atoms with van der Waals surface area (Å²) in [6.45, 7) is 0. The molecule has 0 aliphatic rings. The van der Waals surface area contributed by atoms with Gasteiger partial charge in [0.25, 0.3) is 0 Å². The molecule has 2 heterocycles. The molecule has 0 bridgehead atoms. The molecule has 31 heavy (non-hydrogen) atoms. The molecule has 9 nitrogen and oxygen atoms in total. The molecule has 160 valence electrons. The van der Waals surface area contributed by atoms with Crippen molar-refractivity contribution in [3.8, 4) is 17.2 Å². The number of rotatable bonds is 7. The molecule has 2 N–H and O–H groups in total. The molecule has 0 aliphatic heterocycles. The third kappa shape index (κ3) is 3.75. The number of ether oxygens (including phenoxy) is 3. The van der Waals surface area contributed by atoms with E-state index in [1.807, 2.05) is 0 Å². The number of para-hydroxylation sites is 1. The molecule has 4 rings (SSSR count). The summed E-state index contributed by atoms with van der Waals surface area (Å²) in [5, 5.41) is 10.8. The number of nitrogens with one attached hydrogen (secondary N) is 2. The van der Waals surface area contributed by atoms with Crippen LogP contribution in [0, 0.1) is 5.82 Å². The number of benzene rings is 2. The minimum atomic E-state index is -0.364. The van der Waals surface area contributed by atoms with Gasteiger partial charge in [0.15, 0.2) is 17.3 Å². The minimum absolute atomic E-state index is 0.342. The summed E-state index contributed by atoms with van der Waals surface area (Å²) in [4.78, 5) is 10.6. The van der Waals surface area contributed by atoms with Crippen molar-refractivity contribution in [3.63, 3.8) is 0 Å². The second-order valence-electron chi connectivity index (χ2n) is 6.55. The molecule has 0 saturated carbocycles. The monoisotopic (exact) mass is 424 g/mol. The average molecular weight is 424 g/mol. The van der Waals surface area contributed by atoms with Crippen molar-refractivity contribution in [2.24, 2.45) is 0 Å². The molecule has 4 aromatic rings. The zero-order valence-corrected chi connectivity index (χ0v) is 17.4. The van der Waals surface area contributed by atoms with E-state index in [0.29, 0.717) is 51.4 Å². The molecule has 0 saturated heterocycles. The Labute approximate surface area is 177 Å². The first-order valence-electron chi connectivity index (χ1n) is 9.32. The van der Waals surface area contributed by atoms with E-state index in [9.17, 15) is 4.39 Å². The molecule has 0 aliphatic carbocycles. The van der Waals surface area contributed by atoms with E-state index in [4.69, 9.17) is 14.2 Å². The van der Waals surface area contributed by atoms with Crippen LogP contribution in [0.2, 0.25) is 0 Å². The van der Waals surface area contributed by atoms with Crippen LogP contribution in [0.3, 0.4) is 0 Å². The van der Waals surface area contributed by atoms with Gasteiger partial charge in [0.05, 0.1) is 21.3 Å². The lowest BCUT2D eigenvalue weighted by atomic mass is 10.2. The second-order valence-corrected chi connectivity index (χ2v) is 6.55. The van der Waals surface area contributed by atoms with Crippen molar-refractivity contribution in [3.05, 3.63) is 48.4 Å². The van der Waals surface area contributed by atoms with Gasteiger partial charge in [0.2, 0.25) is 11.7 Å². The molecule has 0 spiro atoms. The number of methoxy groups -OCH3 is 3. The van der Waals surface area contributed by atoms with Gasteiger partial charge in [-0.3, -0.25) is 5.10 Å². The number of halogens is 1. The predicted molar refractivity (Wildman–Crippen MR) is 116 cm³/mol. The predicted octanol–water partition coefficient (Wildman–Crippen LogP) is 4.03. The summed E-state index contributed by atoms with van der Waals surface area (Å²) in [5.41, 5.74) is 0.996. The number of anilines is 4. The highest BCUT2D eigenvalue weighted by Gasteiger charge is 2.17. The first-order valence-corrected chi connectivity index (χ1v) is 9.32. The van der Waals surface area contributed by atoms with E-state index in [2.05, 4.69) is 25.5 Å². The molecular formula is C21H21FN6O3. The lowest BCUT2D eigenvalue weighted by molar-refractivity contribution is 0.324. The van der Waals surface area contributed by atoms with E-state index in [1.165, 1.54) is 6.07 Å². The quantitative estimate of drug-likeness (QED) is 0.459. The Kier molecular flexibility index (Phi) is 5.44. The number of aromatic nitrogens is 4. The van der Waals surface area contributed by atoms with E-state index in [1.54, 1.807) is 69.8 Å². The van der Waals surface area contributed by atoms with Gasteiger partial charge in [0.1, 0.15) is 17.2 Å². The summed E-state index contributed by atoms with van der Waals surface area (Å²) in [7, 11) is 6.43. The first-order chi connectivity index (χ1) is 15.0. The van der Waals surface area contributed by atoms with Crippen LogP contribution in [-0.2, 0) is 0 Å². The molecule has 10 heteroatoms. The number of hydrogen-bond acceptors (Lipinski definition) is 8. The fraction of sp³-hybridized carbons (Fsp3) is 0.190. The molecule has 0 amide bonds. The average Bonchev–Trinajstić information content (AvgIpc) is 3.23. The van der Waals surface area contributed by atoms with Crippen LogP contribution >= 0.6 is 0 Å². The molecule has 2 aromatic heterocycles. The van der Waals surface area contributed by atoms with Crippen molar-refractivity contribution in [1.29, 1.82) is 0 Å². The largest absolute Gasteiger partial charge is 0.493 e. The molecule has 0 unspecified atom stereocenters. The Morgan fingerprint density at radius 2 is 1.77 bits per heavy atom. The minimum Gasteiger partial charge on any atom is -0.493 e. The molecule has 0 atom stereocenters. The highest BCUT2D eigenvalue weighted by Crippen LogP contribution is 2.40. The Bertz CT molecular complexity index is 1200. The van der Waals surface area contributed by atoms with Crippen LogP contribution in [0.1, 0.15) is 0 Å². The Morgan fingerprint density at radius 1 is 1.03 bits per heavy atom. The van der Waals surface area contributed by atoms with Crippen molar-refractivity contribution in [1.82, 2.24) is 20.2 Å². The Balaban J connectivity index is 1.65. The van der Waals surface area contributed by atoms with Gasteiger partial charge in [-0.15, -0.1) is 0 Å². The summed E-state index contributed by atoms with van der Waals surface area (Å²) < 4.78 is 30.1. The molecule has 2 aromatic carbocycles. The van der Waals surface area contributed by atoms with Crippen LogP contribution in [0.4, 0.5) is 27.7 Å². The lowest BCUT2D eigenvalue weighted by Crippen LogP contribution is -2.13. The van der Waals surface area contributed by atoms with Crippen LogP contribution < -0.4 is 24.4 Å². The van der Waals surface area contributed by atoms with Crippen molar-refractivity contribution in [2.45, 2.75) is 0 Å². The Hall–Kier alpha value is -4.08. The summed E-state index contributed by atoms with van der Waals surface area (Å²) in [5.74, 6) is 2.60.